The highest BCUT2D eigenvalue weighted by Gasteiger charge is 2.11. The number of halogens is 2. The number of hydrogen-bond acceptors (Lipinski definition) is 3. The average molecular weight is 300 g/mol. The Balaban J connectivity index is 2.25. The van der Waals surface area contributed by atoms with E-state index in [4.69, 9.17) is 0 Å². The van der Waals surface area contributed by atoms with Gasteiger partial charge < -0.3 is 14.7 Å². The zero-order valence-corrected chi connectivity index (χ0v) is 10.1. The second-order valence-electron chi connectivity index (χ2n) is 3.40. The standard InChI is InChI=1S/C10H7BrFN3O2/c11-9-2-1-8(12)3-7(9)4-14-5-10(13-6-14)15(16)17/h1-3,5-6H,4H2. The lowest BCUT2D eigenvalue weighted by atomic mass is 10.2. The van der Waals surface area contributed by atoms with Gasteiger partial charge in [-0.15, -0.1) is 0 Å². The van der Waals surface area contributed by atoms with Gasteiger partial charge in [-0.1, -0.05) is 15.9 Å². The number of nitrogens with zero attached hydrogens (tertiary/aromatic N) is 3. The molecule has 2 aromatic rings. The van der Waals surface area contributed by atoms with Crippen molar-refractivity contribution in [2.75, 3.05) is 0 Å². The van der Waals surface area contributed by atoms with E-state index >= 15 is 0 Å². The molecule has 2 rings (SSSR count). The molecule has 17 heavy (non-hydrogen) atoms. The molecule has 1 aromatic carbocycles. The fourth-order valence-electron chi connectivity index (χ4n) is 1.39. The van der Waals surface area contributed by atoms with Crippen molar-refractivity contribution in [3.8, 4) is 0 Å². The summed E-state index contributed by atoms with van der Waals surface area (Å²) in [6.07, 6.45) is 2.65. The molecule has 0 aliphatic rings. The van der Waals surface area contributed by atoms with E-state index in [1.807, 2.05) is 0 Å². The van der Waals surface area contributed by atoms with E-state index in [2.05, 4.69) is 20.9 Å². The van der Waals surface area contributed by atoms with Crippen LogP contribution < -0.4 is 0 Å². The molecule has 0 amide bonds. The lowest BCUT2D eigenvalue weighted by Gasteiger charge is -2.04. The van der Waals surface area contributed by atoms with Crippen molar-refractivity contribution in [3.63, 3.8) is 0 Å². The van der Waals surface area contributed by atoms with Gasteiger partial charge >= 0.3 is 5.82 Å². The highest BCUT2D eigenvalue weighted by Crippen LogP contribution is 2.19. The molecule has 0 saturated carbocycles. The largest absolute Gasteiger partial charge is 0.381 e. The monoisotopic (exact) mass is 299 g/mol. The molecule has 1 heterocycles. The molecular weight excluding hydrogens is 293 g/mol. The van der Waals surface area contributed by atoms with Crippen molar-refractivity contribution < 1.29 is 9.31 Å². The quantitative estimate of drug-likeness (QED) is 0.647. The molecule has 0 saturated heterocycles. The molecule has 1 aromatic heterocycles. The first-order chi connectivity index (χ1) is 8.06. The summed E-state index contributed by atoms with van der Waals surface area (Å²) in [5, 5.41) is 10.4. The second kappa shape index (κ2) is 4.62. The van der Waals surface area contributed by atoms with Crippen molar-refractivity contribution in [1.82, 2.24) is 9.55 Å². The van der Waals surface area contributed by atoms with Gasteiger partial charge in [0.25, 0.3) is 0 Å². The number of imidazole rings is 1. The topological polar surface area (TPSA) is 61.0 Å². The van der Waals surface area contributed by atoms with Gasteiger partial charge in [0.1, 0.15) is 12.0 Å². The molecule has 0 bridgehead atoms. The molecule has 0 aliphatic heterocycles. The number of rotatable bonds is 3. The number of nitro groups is 1. The van der Waals surface area contributed by atoms with E-state index in [0.29, 0.717) is 12.1 Å². The molecule has 0 N–H and O–H groups in total. The summed E-state index contributed by atoms with van der Waals surface area (Å²) in [4.78, 5) is 13.5. The molecule has 88 valence electrons. The van der Waals surface area contributed by atoms with E-state index in [1.54, 1.807) is 6.07 Å². The zero-order valence-electron chi connectivity index (χ0n) is 8.51. The van der Waals surface area contributed by atoms with Crippen molar-refractivity contribution in [1.29, 1.82) is 0 Å². The molecule has 5 nitrogen and oxygen atoms in total. The first kappa shape index (κ1) is 11.7. The van der Waals surface area contributed by atoms with Crippen LogP contribution in [0, 0.1) is 15.9 Å². The van der Waals surface area contributed by atoms with Crippen molar-refractivity contribution in [2.24, 2.45) is 0 Å². The minimum Gasteiger partial charge on any atom is -0.358 e. The van der Waals surface area contributed by atoms with Gasteiger partial charge in [-0.25, -0.2) is 4.39 Å². The lowest BCUT2D eigenvalue weighted by Crippen LogP contribution is -1.98. The first-order valence-electron chi connectivity index (χ1n) is 4.66. The average Bonchev–Trinajstić information content (AvgIpc) is 2.72. The van der Waals surface area contributed by atoms with E-state index < -0.39 is 4.92 Å². The van der Waals surface area contributed by atoms with E-state index in [1.165, 1.54) is 29.2 Å². The highest BCUT2D eigenvalue weighted by molar-refractivity contribution is 9.10. The zero-order chi connectivity index (χ0) is 12.4. The molecule has 0 unspecified atom stereocenters. The minimum absolute atomic E-state index is 0.225. The van der Waals surface area contributed by atoms with Crippen LogP contribution in [0.1, 0.15) is 5.56 Å². The Kier molecular flexibility index (Phi) is 3.19. The van der Waals surface area contributed by atoms with Crippen molar-refractivity contribution >= 4 is 21.7 Å². The second-order valence-corrected chi connectivity index (χ2v) is 4.25. The highest BCUT2D eigenvalue weighted by atomic mass is 79.9. The summed E-state index contributed by atoms with van der Waals surface area (Å²) in [5.74, 6) is -0.574. The number of hydrogen-bond donors (Lipinski definition) is 0. The van der Waals surface area contributed by atoms with Gasteiger partial charge in [0.2, 0.25) is 6.33 Å². The molecule has 0 radical (unpaired) electrons. The summed E-state index contributed by atoms with van der Waals surface area (Å²) >= 11 is 3.29. The Morgan fingerprint density at radius 1 is 1.53 bits per heavy atom. The van der Waals surface area contributed by atoms with Crippen LogP contribution in [0.15, 0.2) is 35.2 Å². The fourth-order valence-corrected chi connectivity index (χ4v) is 1.76. The predicted molar refractivity (Wildman–Crippen MR) is 62.1 cm³/mol. The normalized spacial score (nSPS) is 10.5. The summed E-state index contributed by atoms with van der Waals surface area (Å²) in [6.45, 7) is 0.319. The van der Waals surface area contributed by atoms with Gasteiger partial charge in [-0.3, -0.25) is 0 Å². The van der Waals surface area contributed by atoms with Crippen LogP contribution in [-0.2, 0) is 6.54 Å². The van der Waals surface area contributed by atoms with Gasteiger partial charge in [0.05, 0.1) is 6.54 Å². The summed E-state index contributed by atoms with van der Waals surface area (Å²) < 4.78 is 15.3. The van der Waals surface area contributed by atoms with Crippen LogP contribution in [0.25, 0.3) is 0 Å². The molecule has 0 fully saturated rings. The maximum atomic E-state index is 13.0. The maximum Gasteiger partial charge on any atom is 0.381 e. The molecule has 0 atom stereocenters. The van der Waals surface area contributed by atoms with Crippen LogP contribution in [0.4, 0.5) is 10.2 Å². The Morgan fingerprint density at radius 2 is 2.29 bits per heavy atom. The third kappa shape index (κ3) is 2.68. The Morgan fingerprint density at radius 3 is 2.94 bits per heavy atom. The predicted octanol–water partition coefficient (Wildman–Crippen LogP) is 2.74. The lowest BCUT2D eigenvalue weighted by molar-refractivity contribution is -0.389. The van der Waals surface area contributed by atoms with Crippen LogP contribution in [0.3, 0.4) is 0 Å². The summed E-state index contributed by atoms with van der Waals surface area (Å²) in [7, 11) is 0. The van der Waals surface area contributed by atoms with Crippen LogP contribution in [-0.4, -0.2) is 14.5 Å². The van der Waals surface area contributed by atoms with Crippen LogP contribution in [0.5, 0.6) is 0 Å². The minimum atomic E-state index is -0.572. The molecule has 0 spiro atoms. The van der Waals surface area contributed by atoms with E-state index in [9.17, 15) is 14.5 Å². The van der Waals surface area contributed by atoms with Gasteiger partial charge in [-0.05, 0) is 33.7 Å². The van der Waals surface area contributed by atoms with Crippen LogP contribution in [0.2, 0.25) is 0 Å². The Labute approximate surface area is 104 Å². The van der Waals surface area contributed by atoms with Gasteiger partial charge in [0, 0.05) is 4.47 Å². The summed E-state index contributed by atoms with van der Waals surface area (Å²) in [6, 6.07) is 4.30. The SMILES string of the molecule is O=[N+]([O-])c1cn(Cc2cc(F)ccc2Br)cn1. The Bertz CT molecular complexity index is 570. The van der Waals surface area contributed by atoms with E-state index in [0.717, 1.165) is 4.47 Å². The number of aromatic nitrogens is 2. The number of benzene rings is 1. The van der Waals surface area contributed by atoms with E-state index in [-0.39, 0.29) is 11.6 Å². The summed E-state index contributed by atoms with van der Waals surface area (Å²) in [5.41, 5.74) is 0.692. The van der Waals surface area contributed by atoms with Crippen LogP contribution >= 0.6 is 15.9 Å². The third-order valence-electron chi connectivity index (χ3n) is 2.17. The Hall–Kier alpha value is -1.76. The smallest absolute Gasteiger partial charge is 0.358 e. The molecular formula is C10H7BrFN3O2. The molecule has 0 aliphatic carbocycles. The van der Waals surface area contributed by atoms with Crippen molar-refractivity contribution in [3.05, 3.63) is 56.7 Å². The third-order valence-corrected chi connectivity index (χ3v) is 2.94. The van der Waals surface area contributed by atoms with Crippen molar-refractivity contribution in [2.45, 2.75) is 6.54 Å². The van der Waals surface area contributed by atoms with Gasteiger partial charge in [-0.2, -0.15) is 0 Å². The van der Waals surface area contributed by atoms with Gasteiger partial charge in [0.15, 0.2) is 0 Å². The first-order valence-corrected chi connectivity index (χ1v) is 5.45. The maximum absolute atomic E-state index is 13.0. The fraction of sp³-hybridized carbons (Fsp3) is 0.100. The molecule has 7 heteroatoms.